The number of hydrogen-bond donors (Lipinski definition) is 0. The molecule has 2 fully saturated rings. The smallest absolute Gasteiger partial charge is 0.419 e. The van der Waals surface area contributed by atoms with E-state index in [9.17, 15) is 9.59 Å². The first-order valence-corrected chi connectivity index (χ1v) is 9.33. The maximum absolute atomic E-state index is 12.4. The van der Waals surface area contributed by atoms with Crippen LogP contribution in [0.5, 0.6) is 0 Å². The van der Waals surface area contributed by atoms with Crippen molar-refractivity contribution in [1.82, 2.24) is 4.90 Å². The van der Waals surface area contributed by atoms with Crippen molar-refractivity contribution in [3.05, 3.63) is 0 Å². The van der Waals surface area contributed by atoms with Crippen molar-refractivity contribution in [1.29, 1.82) is 0 Å². The van der Waals surface area contributed by atoms with Gasteiger partial charge in [0.15, 0.2) is 0 Å². The minimum absolute atomic E-state index is 0.315. The van der Waals surface area contributed by atoms with E-state index < -0.39 is 23.4 Å². The molecule has 2 aliphatic rings. The van der Waals surface area contributed by atoms with Gasteiger partial charge in [0.05, 0.1) is 12.2 Å². The minimum Gasteiger partial charge on any atom is -0.443 e. The van der Waals surface area contributed by atoms with Crippen LogP contribution in [0.25, 0.3) is 0 Å². The molecule has 0 aromatic carbocycles. The fourth-order valence-corrected chi connectivity index (χ4v) is 3.18. The van der Waals surface area contributed by atoms with Crippen LogP contribution in [0.2, 0.25) is 0 Å². The first-order valence-electron chi connectivity index (χ1n) is 9.33. The minimum atomic E-state index is -0.654. The summed E-state index contributed by atoms with van der Waals surface area (Å²) in [4.78, 5) is 25.9. The van der Waals surface area contributed by atoms with Crippen LogP contribution in [0.1, 0.15) is 73.6 Å². The molecule has 6 heteroatoms. The fourth-order valence-electron chi connectivity index (χ4n) is 3.18. The van der Waals surface area contributed by atoms with Gasteiger partial charge in [-0.05, 0) is 79.6 Å². The van der Waals surface area contributed by atoms with Crippen molar-refractivity contribution in [2.24, 2.45) is 5.92 Å². The van der Waals surface area contributed by atoms with Gasteiger partial charge >= 0.3 is 12.2 Å². The van der Waals surface area contributed by atoms with Crippen LogP contribution in [0, 0.1) is 5.92 Å². The Bertz CT molecular complexity index is 463. The number of rotatable bonds is 4. The van der Waals surface area contributed by atoms with Crippen molar-refractivity contribution in [2.45, 2.75) is 97.1 Å². The zero-order valence-electron chi connectivity index (χ0n) is 16.5. The fraction of sp³-hybridized carbons (Fsp3) is 0.895. The van der Waals surface area contributed by atoms with Gasteiger partial charge in [0, 0.05) is 6.54 Å². The van der Waals surface area contributed by atoms with E-state index in [-0.39, 0.29) is 0 Å². The maximum Gasteiger partial charge on any atom is 0.419 e. The largest absolute Gasteiger partial charge is 0.443 e. The highest BCUT2D eigenvalue weighted by Crippen LogP contribution is 2.40. The van der Waals surface area contributed by atoms with Crippen molar-refractivity contribution >= 4 is 12.2 Å². The van der Waals surface area contributed by atoms with E-state index in [1.165, 1.54) is 6.42 Å². The third kappa shape index (κ3) is 6.84. The molecular weight excluding hydrogens is 322 g/mol. The Labute approximate surface area is 151 Å². The third-order valence-corrected chi connectivity index (χ3v) is 4.33. The molecule has 1 aliphatic heterocycles. The van der Waals surface area contributed by atoms with E-state index in [0.717, 1.165) is 30.6 Å². The highest BCUT2D eigenvalue weighted by Gasteiger charge is 2.43. The molecule has 0 aromatic rings. The van der Waals surface area contributed by atoms with Crippen LogP contribution in [0.4, 0.5) is 9.59 Å². The summed E-state index contributed by atoms with van der Waals surface area (Å²) in [6, 6.07) is 0. The lowest BCUT2D eigenvalue weighted by molar-refractivity contribution is 0.000948. The van der Waals surface area contributed by atoms with Gasteiger partial charge in [-0.25, -0.2) is 14.5 Å². The maximum atomic E-state index is 12.4. The predicted octanol–water partition coefficient (Wildman–Crippen LogP) is 4.51. The molecule has 2 rings (SSSR count). The van der Waals surface area contributed by atoms with Gasteiger partial charge in [0.2, 0.25) is 0 Å². The summed E-state index contributed by atoms with van der Waals surface area (Å²) in [5, 5.41) is 0. The monoisotopic (exact) mass is 355 g/mol. The molecule has 0 aromatic heterocycles. The van der Waals surface area contributed by atoms with Crippen molar-refractivity contribution in [3.8, 4) is 0 Å². The Hall–Kier alpha value is -1.30. The summed E-state index contributed by atoms with van der Waals surface area (Å²) in [5.41, 5.74) is -1.31. The van der Waals surface area contributed by atoms with Gasteiger partial charge in [-0.15, -0.1) is 0 Å². The molecule has 1 saturated carbocycles. The summed E-state index contributed by atoms with van der Waals surface area (Å²) in [5.74, 6) is 0.614. The van der Waals surface area contributed by atoms with Gasteiger partial charge in [0.25, 0.3) is 0 Å². The zero-order chi connectivity index (χ0) is 18.8. The second-order valence-corrected chi connectivity index (χ2v) is 9.15. The van der Waals surface area contributed by atoms with Crippen LogP contribution in [0.3, 0.4) is 0 Å². The van der Waals surface area contributed by atoms with E-state index in [0.29, 0.717) is 24.7 Å². The molecule has 25 heavy (non-hydrogen) atoms. The normalized spacial score (nSPS) is 25.8. The van der Waals surface area contributed by atoms with Crippen molar-refractivity contribution in [3.63, 3.8) is 0 Å². The number of epoxide rings is 1. The molecule has 6 nitrogen and oxygen atoms in total. The van der Waals surface area contributed by atoms with Crippen LogP contribution >= 0.6 is 0 Å². The summed E-state index contributed by atoms with van der Waals surface area (Å²) in [6.45, 7) is 11.0. The van der Waals surface area contributed by atoms with Crippen LogP contribution in [-0.2, 0) is 14.2 Å². The quantitative estimate of drug-likeness (QED) is 0.694. The number of carbonyl (C=O) groups is 2. The molecule has 0 spiro atoms. The standard InChI is InChI=1S/C19H33NO5/c1-18(2,3)24-16(21)20(17(22)25-19(4,5)6)11-7-8-13-9-10-14-15(12-13)23-14/h13-15H,7-12H2,1-6H3. The van der Waals surface area contributed by atoms with E-state index in [1.807, 2.05) is 0 Å². The third-order valence-electron chi connectivity index (χ3n) is 4.33. The van der Waals surface area contributed by atoms with E-state index in [1.54, 1.807) is 41.5 Å². The highest BCUT2D eigenvalue weighted by atomic mass is 16.6. The molecule has 0 N–H and O–H groups in total. The molecule has 2 amide bonds. The first-order chi connectivity index (χ1) is 11.4. The summed E-state index contributed by atoms with van der Waals surface area (Å²) in [7, 11) is 0. The number of carbonyl (C=O) groups excluding carboxylic acids is 2. The summed E-state index contributed by atoms with van der Waals surface area (Å²) in [6.07, 6.45) is 4.80. The van der Waals surface area contributed by atoms with Crippen LogP contribution in [-0.4, -0.2) is 47.0 Å². The van der Waals surface area contributed by atoms with Crippen molar-refractivity contribution in [2.75, 3.05) is 6.54 Å². The molecule has 0 bridgehead atoms. The molecule has 1 heterocycles. The second-order valence-electron chi connectivity index (χ2n) is 9.15. The Morgan fingerprint density at radius 3 is 2.00 bits per heavy atom. The summed E-state index contributed by atoms with van der Waals surface area (Å²) >= 11 is 0. The first kappa shape index (κ1) is 20.0. The van der Waals surface area contributed by atoms with Gasteiger partial charge < -0.3 is 14.2 Å². The topological polar surface area (TPSA) is 68.4 Å². The van der Waals surface area contributed by atoms with Crippen LogP contribution < -0.4 is 0 Å². The number of nitrogens with zero attached hydrogens (tertiary/aromatic N) is 1. The molecule has 144 valence electrons. The van der Waals surface area contributed by atoms with Gasteiger partial charge in [-0.3, -0.25) is 0 Å². The average molecular weight is 355 g/mol. The number of fused-ring (bicyclic) bond motifs is 1. The lowest BCUT2D eigenvalue weighted by Crippen LogP contribution is -2.44. The molecule has 1 aliphatic carbocycles. The molecule has 1 saturated heterocycles. The molecule has 0 radical (unpaired) electrons. The zero-order valence-corrected chi connectivity index (χ0v) is 16.5. The second kappa shape index (κ2) is 7.52. The van der Waals surface area contributed by atoms with E-state index in [4.69, 9.17) is 14.2 Å². The van der Waals surface area contributed by atoms with Gasteiger partial charge in [0.1, 0.15) is 11.2 Å². The van der Waals surface area contributed by atoms with Crippen LogP contribution in [0.15, 0.2) is 0 Å². The number of ether oxygens (including phenoxy) is 3. The average Bonchev–Trinajstić information content (AvgIpc) is 3.17. The Balaban J connectivity index is 1.88. The van der Waals surface area contributed by atoms with Gasteiger partial charge in [-0.2, -0.15) is 0 Å². The molecule has 3 unspecified atom stereocenters. The SMILES string of the molecule is CC(C)(C)OC(=O)N(CCCC1CCC2OC2C1)C(=O)OC(C)(C)C. The lowest BCUT2D eigenvalue weighted by atomic mass is 9.86. The Kier molecular flexibility index (Phi) is 6.02. The molecule has 3 atom stereocenters. The lowest BCUT2D eigenvalue weighted by Gasteiger charge is -2.29. The number of imide groups is 1. The Morgan fingerprint density at radius 2 is 1.52 bits per heavy atom. The predicted molar refractivity (Wildman–Crippen MR) is 94.4 cm³/mol. The Morgan fingerprint density at radius 1 is 0.960 bits per heavy atom. The molecular formula is C19H33NO5. The number of amides is 2. The summed E-state index contributed by atoms with van der Waals surface area (Å²) < 4.78 is 16.3. The van der Waals surface area contributed by atoms with E-state index in [2.05, 4.69) is 0 Å². The van der Waals surface area contributed by atoms with Crippen molar-refractivity contribution < 1.29 is 23.8 Å². The van der Waals surface area contributed by atoms with E-state index >= 15 is 0 Å². The highest BCUT2D eigenvalue weighted by molar-refractivity contribution is 5.88. The number of hydrogen-bond acceptors (Lipinski definition) is 5. The van der Waals surface area contributed by atoms with Gasteiger partial charge in [-0.1, -0.05) is 0 Å².